The van der Waals surface area contributed by atoms with Crippen LogP contribution in [0.2, 0.25) is 0 Å². The van der Waals surface area contributed by atoms with Gasteiger partial charge >= 0.3 is 6.09 Å². The largest absolute Gasteiger partial charge is 0.444 e. The fraction of sp³-hybridized carbons (Fsp3) is 0.643. The number of hydrogen-bond acceptors (Lipinski definition) is 4. The third-order valence-corrected chi connectivity index (χ3v) is 3.26. The summed E-state index contributed by atoms with van der Waals surface area (Å²) >= 11 is 0. The van der Waals surface area contributed by atoms with Gasteiger partial charge in [0.1, 0.15) is 11.3 Å². The molecule has 0 atom stereocenters. The number of carbonyl (C=O) groups excluding carboxylic acids is 2. The number of amides is 2. The minimum Gasteiger partial charge on any atom is -0.444 e. The maximum atomic E-state index is 12.3. The molecule has 1 aromatic heterocycles. The number of rotatable bonds is 1. The molecule has 0 aliphatic carbocycles. The van der Waals surface area contributed by atoms with E-state index in [0.717, 1.165) is 0 Å². The van der Waals surface area contributed by atoms with Gasteiger partial charge in [-0.25, -0.2) is 4.79 Å². The van der Waals surface area contributed by atoms with Crippen molar-refractivity contribution >= 4 is 12.0 Å². The molecule has 0 unspecified atom stereocenters. The summed E-state index contributed by atoms with van der Waals surface area (Å²) in [5.41, 5.74) is 0.0550. The average molecular weight is 294 g/mol. The molecule has 0 N–H and O–H groups in total. The molecule has 1 fully saturated rings. The smallest absolute Gasteiger partial charge is 0.410 e. The molecule has 1 saturated heterocycles. The molecule has 2 heterocycles. The van der Waals surface area contributed by atoms with E-state index in [1.165, 1.54) is 0 Å². The minimum absolute atomic E-state index is 0.0566. The SMILES string of the molecule is Cn1nccc1C(=O)N1CCN(C(=O)OC(C)(C)C)CC1. The molecule has 116 valence electrons. The van der Waals surface area contributed by atoms with Crippen LogP contribution in [0.5, 0.6) is 0 Å². The maximum Gasteiger partial charge on any atom is 0.410 e. The zero-order chi connectivity index (χ0) is 15.6. The van der Waals surface area contributed by atoms with E-state index in [2.05, 4.69) is 5.10 Å². The first-order chi connectivity index (χ1) is 9.78. The Balaban J connectivity index is 1.90. The second-order valence-electron chi connectivity index (χ2n) is 6.10. The average Bonchev–Trinajstić information content (AvgIpc) is 2.82. The Morgan fingerprint density at radius 2 is 1.71 bits per heavy atom. The van der Waals surface area contributed by atoms with Crippen molar-refractivity contribution in [1.29, 1.82) is 0 Å². The molecule has 2 amide bonds. The molecule has 2 rings (SSSR count). The van der Waals surface area contributed by atoms with Crippen molar-refractivity contribution in [3.63, 3.8) is 0 Å². The van der Waals surface area contributed by atoms with Gasteiger partial charge in [-0.1, -0.05) is 0 Å². The second kappa shape index (κ2) is 5.75. The summed E-state index contributed by atoms with van der Waals surface area (Å²) in [7, 11) is 1.74. The van der Waals surface area contributed by atoms with Crippen molar-refractivity contribution in [2.45, 2.75) is 26.4 Å². The molecular formula is C14H22N4O3. The Labute approximate surface area is 124 Å². The lowest BCUT2D eigenvalue weighted by Crippen LogP contribution is -2.51. The van der Waals surface area contributed by atoms with Gasteiger partial charge in [-0.3, -0.25) is 9.48 Å². The zero-order valence-electron chi connectivity index (χ0n) is 13.0. The fourth-order valence-corrected chi connectivity index (χ4v) is 2.16. The molecule has 1 aliphatic heterocycles. The van der Waals surface area contributed by atoms with Crippen molar-refractivity contribution in [2.24, 2.45) is 7.05 Å². The van der Waals surface area contributed by atoms with Crippen LogP contribution in [0, 0.1) is 0 Å². The minimum atomic E-state index is -0.501. The molecule has 0 saturated carbocycles. The standard InChI is InChI=1S/C14H22N4O3/c1-14(2,3)21-13(20)18-9-7-17(8-10-18)12(19)11-5-6-15-16(11)4/h5-6H,7-10H2,1-4H3. The molecule has 21 heavy (non-hydrogen) atoms. The number of carbonyl (C=O) groups is 2. The van der Waals surface area contributed by atoms with E-state index >= 15 is 0 Å². The van der Waals surface area contributed by atoms with Crippen molar-refractivity contribution < 1.29 is 14.3 Å². The summed E-state index contributed by atoms with van der Waals surface area (Å²) in [5.74, 6) is -0.0566. The van der Waals surface area contributed by atoms with Crippen LogP contribution in [-0.2, 0) is 11.8 Å². The van der Waals surface area contributed by atoms with Crippen molar-refractivity contribution in [3.8, 4) is 0 Å². The van der Waals surface area contributed by atoms with Gasteiger partial charge < -0.3 is 14.5 Å². The van der Waals surface area contributed by atoms with Crippen molar-refractivity contribution in [1.82, 2.24) is 19.6 Å². The number of ether oxygens (including phenoxy) is 1. The Bertz CT molecular complexity index is 525. The highest BCUT2D eigenvalue weighted by Gasteiger charge is 2.28. The van der Waals surface area contributed by atoms with Crippen LogP contribution in [-0.4, -0.2) is 63.4 Å². The van der Waals surface area contributed by atoms with E-state index in [9.17, 15) is 9.59 Å². The lowest BCUT2D eigenvalue weighted by Gasteiger charge is -2.35. The van der Waals surface area contributed by atoms with E-state index in [1.807, 2.05) is 20.8 Å². The molecule has 0 aromatic carbocycles. The van der Waals surface area contributed by atoms with Crippen LogP contribution < -0.4 is 0 Å². The highest BCUT2D eigenvalue weighted by molar-refractivity contribution is 5.92. The Morgan fingerprint density at radius 3 is 2.19 bits per heavy atom. The number of hydrogen-bond donors (Lipinski definition) is 0. The number of aryl methyl sites for hydroxylation is 1. The molecule has 0 radical (unpaired) electrons. The summed E-state index contributed by atoms with van der Waals surface area (Å²) in [6.45, 7) is 7.50. The number of piperazine rings is 1. The highest BCUT2D eigenvalue weighted by atomic mass is 16.6. The fourth-order valence-electron chi connectivity index (χ4n) is 2.16. The first kappa shape index (κ1) is 15.3. The lowest BCUT2D eigenvalue weighted by atomic mass is 10.2. The molecule has 0 bridgehead atoms. The van der Waals surface area contributed by atoms with Crippen LogP contribution >= 0.6 is 0 Å². The van der Waals surface area contributed by atoms with Crippen LogP contribution in [0.4, 0.5) is 4.79 Å². The van der Waals surface area contributed by atoms with E-state index < -0.39 is 5.60 Å². The topological polar surface area (TPSA) is 67.7 Å². The third kappa shape index (κ3) is 3.74. The summed E-state index contributed by atoms with van der Waals surface area (Å²) in [4.78, 5) is 27.6. The monoisotopic (exact) mass is 294 g/mol. The van der Waals surface area contributed by atoms with Gasteiger partial charge in [0.25, 0.3) is 5.91 Å². The molecule has 7 nitrogen and oxygen atoms in total. The maximum absolute atomic E-state index is 12.3. The van der Waals surface area contributed by atoms with E-state index in [-0.39, 0.29) is 12.0 Å². The lowest BCUT2D eigenvalue weighted by molar-refractivity contribution is 0.0139. The van der Waals surface area contributed by atoms with Crippen LogP contribution in [0.15, 0.2) is 12.3 Å². The normalized spacial score (nSPS) is 16.0. The Hall–Kier alpha value is -2.05. The molecule has 1 aliphatic rings. The van der Waals surface area contributed by atoms with Gasteiger partial charge in [-0.15, -0.1) is 0 Å². The Morgan fingerprint density at radius 1 is 1.14 bits per heavy atom. The van der Waals surface area contributed by atoms with Gasteiger partial charge in [0.15, 0.2) is 0 Å². The van der Waals surface area contributed by atoms with Crippen LogP contribution in [0.25, 0.3) is 0 Å². The second-order valence-corrected chi connectivity index (χ2v) is 6.10. The van der Waals surface area contributed by atoms with E-state index in [1.54, 1.807) is 33.8 Å². The van der Waals surface area contributed by atoms with E-state index in [4.69, 9.17) is 4.74 Å². The molecule has 0 spiro atoms. The van der Waals surface area contributed by atoms with Gasteiger partial charge in [-0.05, 0) is 26.8 Å². The first-order valence-electron chi connectivity index (χ1n) is 7.03. The van der Waals surface area contributed by atoms with E-state index in [0.29, 0.717) is 31.9 Å². The van der Waals surface area contributed by atoms with Crippen LogP contribution in [0.3, 0.4) is 0 Å². The van der Waals surface area contributed by atoms with Gasteiger partial charge in [0.05, 0.1) is 0 Å². The third-order valence-electron chi connectivity index (χ3n) is 3.26. The number of aromatic nitrogens is 2. The van der Waals surface area contributed by atoms with Gasteiger partial charge in [0, 0.05) is 39.4 Å². The predicted molar refractivity (Wildman–Crippen MR) is 76.9 cm³/mol. The summed E-state index contributed by atoms with van der Waals surface area (Å²) in [5, 5.41) is 4.00. The van der Waals surface area contributed by atoms with Crippen LogP contribution in [0.1, 0.15) is 31.3 Å². The first-order valence-corrected chi connectivity index (χ1v) is 7.03. The zero-order valence-corrected chi connectivity index (χ0v) is 13.0. The summed E-state index contributed by atoms with van der Waals surface area (Å²) in [6, 6.07) is 1.70. The predicted octanol–water partition coefficient (Wildman–Crippen LogP) is 1.11. The molecular weight excluding hydrogens is 272 g/mol. The van der Waals surface area contributed by atoms with Gasteiger partial charge in [-0.2, -0.15) is 5.10 Å². The highest BCUT2D eigenvalue weighted by Crippen LogP contribution is 2.13. The molecule has 1 aromatic rings. The summed E-state index contributed by atoms with van der Waals surface area (Å²) in [6.07, 6.45) is 1.28. The summed E-state index contributed by atoms with van der Waals surface area (Å²) < 4.78 is 6.89. The number of nitrogens with zero attached hydrogens (tertiary/aromatic N) is 4. The molecule has 7 heteroatoms. The quantitative estimate of drug-likeness (QED) is 0.778. The van der Waals surface area contributed by atoms with Gasteiger partial charge in [0.2, 0.25) is 0 Å². The Kier molecular flexibility index (Phi) is 4.20. The van der Waals surface area contributed by atoms with Crippen molar-refractivity contribution in [2.75, 3.05) is 26.2 Å². The van der Waals surface area contributed by atoms with Crippen molar-refractivity contribution in [3.05, 3.63) is 18.0 Å².